The second-order valence-corrected chi connectivity index (χ2v) is 6.72. The van der Waals surface area contributed by atoms with Crippen molar-refractivity contribution in [2.24, 2.45) is 0 Å². The molecule has 0 saturated carbocycles. The van der Waals surface area contributed by atoms with Crippen molar-refractivity contribution in [1.29, 1.82) is 0 Å². The zero-order chi connectivity index (χ0) is 16.6. The highest BCUT2D eigenvalue weighted by Crippen LogP contribution is 2.46. The number of fused-ring (bicyclic) bond motifs is 1. The number of para-hydroxylation sites is 1. The summed E-state index contributed by atoms with van der Waals surface area (Å²) in [5.41, 5.74) is 5.17. The van der Waals surface area contributed by atoms with Gasteiger partial charge in [-0.2, -0.15) is 0 Å². The summed E-state index contributed by atoms with van der Waals surface area (Å²) >= 11 is 0. The highest BCUT2D eigenvalue weighted by atomic mass is 16.3. The minimum atomic E-state index is 0.0214. The first-order valence-corrected chi connectivity index (χ1v) is 8.03. The predicted molar refractivity (Wildman–Crippen MR) is 97.6 cm³/mol. The molecule has 0 radical (unpaired) electrons. The smallest absolute Gasteiger partial charge is 0.327 e. The van der Waals surface area contributed by atoms with Gasteiger partial charge in [-0.25, -0.2) is 4.42 Å². The molecule has 0 amide bonds. The lowest BCUT2D eigenvalue weighted by atomic mass is 9.84. The Bertz CT molecular complexity index is 779. The highest BCUT2D eigenvalue weighted by molar-refractivity contribution is 5.70. The van der Waals surface area contributed by atoms with Crippen molar-refractivity contribution in [3.8, 4) is 0 Å². The maximum atomic E-state index is 5.53. The van der Waals surface area contributed by atoms with Crippen LogP contribution < -0.4 is 4.90 Å². The SMILES string of the molecule is Cc1cc(/C=C/C=C2\N(C)c3ccccc3C2(C)C)cc(C)[o+]1. The Labute approximate surface area is 138 Å². The van der Waals surface area contributed by atoms with Gasteiger partial charge in [0.15, 0.2) is 0 Å². The monoisotopic (exact) mass is 306 g/mol. The zero-order valence-corrected chi connectivity index (χ0v) is 14.6. The molecule has 2 nitrogen and oxygen atoms in total. The molecule has 118 valence electrons. The number of nitrogens with zero attached hydrogens (tertiary/aromatic N) is 1. The van der Waals surface area contributed by atoms with Crippen LogP contribution in [0.15, 0.2) is 58.7 Å². The molecule has 1 aliphatic rings. The van der Waals surface area contributed by atoms with E-state index in [9.17, 15) is 0 Å². The van der Waals surface area contributed by atoms with E-state index in [0.717, 1.165) is 11.5 Å². The Morgan fingerprint density at radius 3 is 2.35 bits per heavy atom. The quantitative estimate of drug-likeness (QED) is 0.680. The van der Waals surface area contributed by atoms with E-state index < -0.39 is 0 Å². The number of hydrogen-bond acceptors (Lipinski definition) is 1. The Balaban J connectivity index is 1.93. The first-order valence-electron chi connectivity index (χ1n) is 8.03. The standard InChI is InChI=1S/C21H24NO/c1-15-13-17(14-16(2)23-15)9-8-12-20-21(3,4)18-10-6-7-11-19(18)22(20)5/h6-14H,1-5H3/q+1/b9-8+,20-12-. The normalized spacial score (nSPS) is 18.0. The van der Waals surface area contributed by atoms with Gasteiger partial charge in [0.05, 0.1) is 13.8 Å². The van der Waals surface area contributed by atoms with Crippen LogP contribution in [-0.2, 0) is 5.41 Å². The van der Waals surface area contributed by atoms with Crippen molar-refractivity contribution in [2.45, 2.75) is 33.1 Å². The lowest BCUT2D eigenvalue weighted by Crippen LogP contribution is -2.22. The van der Waals surface area contributed by atoms with Gasteiger partial charge in [-0.1, -0.05) is 44.2 Å². The number of aryl methyl sites for hydroxylation is 2. The van der Waals surface area contributed by atoms with Crippen molar-refractivity contribution < 1.29 is 4.42 Å². The van der Waals surface area contributed by atoms with E-state index in [1.165, 1.54) is 22.5 Å². The van der Waals surface area contributed by atoms with Crippen molar-refractivity contribution in [3.63, 3.8) is 0 Å². The van der Waals surface area contributed by atoms with Gasteiger partial charge in [-0.3, -0.25) is 0 Å². The van der Waals surface area contributed by atoms with Gasteiger partial charge < -0.3 is 4.90 Å². The van der Waals surface area contributed by atoms with E-state index in [4.69, 9.17) is 4.42 Å². The number of likely N-dealkylation sites (N-methyl/N-ethyl adjacent to an activating group) is 1. The molecule has 0 unspecified atom stereocenters. The summed E-state index contributed by atoms with van der Waals surface area (Å²) in [6.07, 6.45) is 6.48. The molecule has 2 heterocycles. The van der Waals surface area contributed by atoms with Gasteiger partial charge in [-0.15, -0.1) is 0 Å². The Morgan fingerprint density at radius 2 is 1.70 bits per heavy atom. The average Bonchev–Trinajstić information content (AvgIpc) is 2.68. The van der Waals surface area contributed by atoms with Gasteiger partial charge in [0, 0.05) is 36.0 Å². The van der Waals surface area contributed by atoms with E-state index in [1.807, 2.05) is 13.8 Å². The summed E-state index contributed by atoms with van der Waals surface area (Å²) < 4.78 is 5.53. The van der Waals surface area contributed by atoms with Gasteiger partial charge in [0.25, 0.3) is 0 Å². The molecule has 3 rings (SSSR count). The van der Waals surface area contributed by atoms with Gasteiger partial charge in [0.1, 0.15) is 0 Å². The van der Waals surface area contributed by atoms with Crippen LogP contribution >= 0.6 is 0 Å². The molecule has 0 saturated heterocycles. The summed E-state index contributed by atoms with van der Waals surface area (Å²) in [4.78, 5) is 2.29. The topological polar surface area (TPSA) is 14.5 Å². The molecule has 0 spiro atoms. The summed E-state index contributed by atoms with van der Waals surface area (Å²) in [5.74, 6) is 1.87. The molecule has 0 fully saturated rings. The largest absolute Gasteiger partial charge is 0.347 e. The van der Waals surface area contributed by atoms with E-state index >= 15 is 0 Å². The second kappa shape index (κ2) is 5.69. The Hall–Kier alpha value is -2.35. The van der Waals surface area contributed by atoms with Crippen LogP contribution in [0, 0.1) is 13.8 Å². The Kier molecular flexibility index (Phi) is 3.85. The maximum absolute atomic E-state index is 5.53. The van der Waals surface area contributed by atoms with Crippen LogP contribution in [0.1, 0.15) is 36.5 Å². The third-order valence-electron chi connectivity index (χ3n) is 4.55. The minimum Gasteiger partial charge on any atom is -0.347 e. The number of hydrogen-bond donors (Lipinski definition) is 0. The van der Waals surface area contributed by atoms with Crippen LogP contribution in [0.2, 0.25) is 0 Å². The molecule has 0 N–H and O–H groups in total. The molecule has 0 aliphatic carbocycles. The fourth-order valence-electron chi connectivity index (χ4n) is 3.47. The lowest BCUT2D eigenvalue weighted by Gasteiger charge is -2.23. The van der Waals surface area contributed by atoms with E-state index in [1.54, 1.807) is 0 Å². The average molecular weight is 306 g/mol. The summed E-state index contributed by atoms with van der Waals surface area (Å²) in [7, 11) is 2.14. The van der Waals surface area contributed by atoms with Crippen LogP contribution in [0.5, 0.6) is 0 Å². The lowest BCUT2D eigenvalue weighted by molar-refractivity contribution is 0.485. The fourth-order valence-corrected chi connectivity index (χ4v) is 3.47. The molecule has 1 aromatic heterocycles. The molecule has 23 heavy (non-hydrogen) atoms. The van der Waals surface area contributed by atoms with E-state index in [-0.39, 0.29) is 5.41 Å². The number of anilines is 1. The van der Waals surface area contributed by atoms with Crippen molar-refractivity contribution in [3.05, 3.63) is 76.9 Å². The van der Waals surface area contributed by atoms with Gasteiger partial charge in [0.2, 0.25) is 0 Å². The second-order valence-electron chi connectivity index (χ2n) is 6.72. The number of benzene rings is 1. The third-order valence-corrected chi connectivity index (χ3v) is 4.55. The van der Waals surface area contributed by atoms with Crippen molar-refractivity contribution in [2.75, 3.05) is 11.9 Å². The van der Waals surface area contributed by atoms with E-state index in [2.05, 4.69) is 80.4 Å². The molecule has 2 aromatic rings. The van der Waals surface area contributed by atoms with Crippen molar-refractivity contribution in [1.82, 2.24) is 0 Å². The van der Waals surface area contributed by atoms with Crippen LogP contribution in [-0.4, -0.2) is 7.05 Å². The minimum absolute atomic E-state index is 0.0214. The molecule has 1 aromatic carbocycles. The number of allylic oxidation sites excluding steroid dienone is 3. The molecule has 2 heteroatoms. The Morgan fingerprint density at radius 1 is 1.04 bits per heavy atom. The molecular formula is C21H24NO+. The third kappa shape index (κ3) is 2.81. The first-order chi connectivity index (χ1) is 10.9. The predicted octanol–water partition coefficient (Wildman–Crippen LogP) is 5.50. The molecule has 0 atom stereocenters. The van der Waals surface area contributed by atoms with E-state index in [0.29, 0.717) is 0 Å². The summed E-state index contributed by atoms with van der Waals surface area (Å²) in [6.45, 7) is 8.52. The highest BCUT2D eigenvalue weighted by Gasteiger charge is 2.37. The van der Waals surface area contributed by atoms with Crippen molar-refractivity contribution >= 4 is 11.8 Å². The summed E-state index contributed by atoms with van der Waals surface area (Å²) in [5, 5.41) is 0. The molecule has 0 bridgehead atoms. The zero-order valence-electron chi connectivity index (χ0n) is 14.6. The van der Waals surface area contributed by atoms with Gasteiger partial charge in [-0.05, 0) is 23.3 Å². The van der Waals surface area contributed by atoms with Crippen LogP contribution in [0.3, 0.4) is 0 Å². The first kappa shape index (κ1) is 15.5. The van der Waals surface area contributed by atoms with Crippen LogP contribution in [0.4, 0.5) is 5.69 Å². The maximum Gasteiger partial charge on any atom is 0.327 e. The van der Waals surface area contributed by atoms with Gasteiger partial charge >= 0.3 is 11.5 Å². The molecular weight excluding hydrogens is 282 g/mol. The molecule has 1 aliphatic heterocycles. The summed E-state index contributed by atoms with van der Waals surface area (Å²) in [6, 6.07) is 12.7. The fraction of sp³-hybridized carbons (Fsp3) is 0.286. The van der Waals surface area contributed by atoms with Crippen LogP contribution in [0.25, 0.3) is 6.08 Å². The number of rotatable bonds is 2.